The molecule has 1 aromatic rings. The number of thioether (sulfide) groups is 1. The van der Waals surface area contributed by atoms with Gasteiger partial charge >= 0.3 is 5.97 Å². The molecule has 9 heteroatoms. The molecule has 1 saturated carbocycles. The van der Waals surface area contributed by atoms with Crippen molar-refractivity contribution in [2.75, 3.05) is 18.2 Å². The monoisotopic (exact) mass is 412 g/mol. The molecule has 2 fully saturated rings. The van der Waals surface area contributed by atoms with E-state index in [4.69, 9.17) is 4.74 Å². The molecular formula is C18H24N2O5S2. The number of rotatable bonds is 6. The van der Waals surface area contributed by atoms with Crippen LogP contribution in [-0.4, -0.2) is 54.9 Å². The summed E-state index contributed by atoms with van der Waals surface area (Å²) in [6.07, 6.45) is 5.27. The Hall–Kier alpha value is -1.58. The molecule has 1 aliphatic carbocycles. The fraction of sp³-hybridized carbons (Fsp3) is 0.556. The summed E-state index contributed by atoms with van der Waals surface area (Å²) in [5.41, 5.74) is 0. The van der Waals surface area contributed by atoms with Gasteiger partial charge in [-0.3, -0.25) is 9.59 Å². The van der Waals surface area contributed by atoms with E-state index in [1.165, 1.54) is 30.3 Å². The normalized spacial score (nSPS) is 21.7. The van der Waals surface area contributed by atoms with E-state index in [1.807, 2.05) is 0 Å². The van der Waals surface area contributed by atoms with E-state index < -0.39 is 22.0 Å². The van der Waals surface area contributed by atoms with Gasteiger partial charge in [0, 0.05) is 11.8 Å². The van der Waals surface area contributed by atoms with E-state index in [9.17, 15) is 18.0 Å². The van der Waals surface area contributed by atoms with Crippen LogP contribution in [0.3, 0.4) is 0 Å². The smallest absolute Gasteiger partial charge is 0.325 e. The maximum Gasteiger partial charge on any atom is 0.325 e. The van der Waals surface area contributed by atoms with Crippen LogP contribution < -0.4 is 5.32 Å². The third-order valence-electron chi connectivity index (χ3n) is 4.78. The summed E-state index contributed by atoms with van der Waals surface area (Å²) in [4.78, 5) is 24.6. The highest BCUT2D eigenvalue weighted by molar-refractivity contribution is 8.00. The second kappa shape index (κ2) is 9.07. The lowest BCUT2D eigenvalue weighted by Crippen LogP contribution is -2.44. The molecule has 2 aliphatic rings. The molecule has 148 valence electrons. The van der Waals surface area contributed by atoms with E-state index in [0.29, 0.717) is 5.75 Å². The number of hydrogen-bond donors (Lipinski definition) is 1. The minimum Gasteiger partial charge on any atom is -0.454 e. The van der Waals surface area contributed by atoms with Gasteiger partial charge in [0.05, 0.1) is 10.8 Å². The molecule has 1 aromatic carbocycles. The predicted molar refractivity (Wildman–Crippen MR) is 103 cm³/mol. The summed E-state index contributed by atoms with van der Waals surface area (Å²) in [5.74, 6) is -0.517. The van der Waals surface area contributed by atoms with Gasteiger partial charge in [-0.1, -0.05) is 37.5 Å². The summed E-state index contributed by atoms with van der Waals surface area (Å²) >= 11 is 1.35. The van der Waals surface area contributed by atoms with Crippen LogP contribution in [0.5, 0.6) is 0 Å². The summed E-state index contributed by atoms with van der Waals surface area (Å²) in [7, 11) is -3.78. The van der Waals surface area contributed by atoms with E-state index >= 15 is 0 Å². The fourth-order valence-electron chi connectivity index (χ4n) is 3.33. The number of benzene rings is 1. The second-order valence-electron chi connectivity index (χ2n) is 6.73. The highest BCUT2D eigenvalue weighted by Gasteiger charge is 2.41. The zero-order chi connectivity index (χ0) is 19.3. The van der Waals surface area contributed by atoms with Crippen molar-refractivity contribution >= 4 is 33.7 Å². The highest BCUT2D eigenvalue weighted by atomic mass is 32.2. The van der Waals surface area contributed by atoms with Crippen molar-refractivity contribution in [2.24, 2.45) is 0 Å². The topological polar surface area (TPSA) is 92.8 Å². The fourth-order valence-corrected chi connectivity index (χ4v) is 6.47. The average molecular weight is 413 g/mol. The molecule has 1 N–H and O–H groups in total. The van der Waals surface area contributed by atoms with E-state index in [1.54, 1.807) is 18.2 Å². The van der Waals surface area contributed by atoms with Gasteiger partial charge in [0.25, 0.3) is 5.91 Å². The molecule has 7 nitrogen and oxygen atoms in total. The lowest BCUT2D eigenvalue weighted by molar-refractivity contribution is -0.151. The molecular weight excluding hydrogens is 388 g/mol. The van der Waals surface area contributed by atoms with Crippen LogP contribution >= 0.6 is 11.8 Å². The van der Waals surface area contributed by atoms with Gasteiger partial charge in [-0.2, -0.15) is 4.31 Å². The van der Waals surface area contributed by atoms with Crippen molar-refractivity contribution in [3.8, 4) is 0 Å². The Morgan fingerprint density at radius 2 is 1.85 bits per heavy atom. The van der Waals surface area contributed by atoms with Crippen LogP contribution in [0.1, 0.15) is 32.1 Å². The van der Waals surface area contributed by atoms with Crippen LogP contribution in [0.15, 0.2) is 35.2 Å². The Labute approximate surface area is 163 Å². The summed E-state index contributed by atoms with van der Waals surface area (Å²) in [5, 5.41) is 2.88. The highest BCUT2D eigenvalue weighted by Crippen LogP contribution is 2.28. The summed E-state index contributed by atoms with van der Waals surface area (Å²) in [6.45, 7) is -0.379. The average Bonchev–Trinajstić information content (AvgIpc) is 3.18. The third-order valence-corrected chi connectivity index (χ3v) is 7.82. The van der Waals surface area contributed by atoms with E-state index in [0.717, 1.165) is 30.0 Å². The van der Waals surface area contributed by atoms with Crippen molar-refractivity contribution < 1.29 is 22.7 Å². The second-order valence-corrected chi connectivity index (χ2v) is 9.62. The van der Waals surface area contributed by atoms with Gasteiger partial charge in [0.2, 0.25) is 10.0 Å². The molecule has 0 aromatic heterocycles. The number of nitrogens with one attached hydrogen (secondary N) is 1. The number of ether oxygens (including phenoxy) is 1. The SMILES string of the molecule is O=C(COC(=O)[C@@H]1CSCN1S(=O)(=O)c1ccccc1)NC1CCCCC1. The predicted octanol–water partition coefficient (Wildman–Crippen LogP) is 1.74. The minimum atomic E-state index is -3.78. The Balaban J connectivity index is 1.56. The standard InChI is InChI=1S/C18H24N2O5S2/c21-17(19-14-7-3-1-4-8-14)11-25-18(22)16-12-26-13-20(16)27(23,24)15-9-5-2-6-10-15/h2,5-6,9-10,14,16H,1,3-4,7-8,11-13H2,(H,19,21)/t16-/m0/s1. The number of esters is 1. The maximum atomic E-state index is 12.8. The van der Waals surface area contributed by atoms with Crippen molar-refractivity contribution in [3.63, 3.8) is 0 Å². The summed E-state index contributed by atoms with van der Waals surface area (Å²) < 4.78 is 31.8. The van der Waals surface area contributed by atoms with Gasteiger partial charge in [-0.05, 0) is 25.0 Å². The largest absolute Gasteiger partial charge is 0.454 e. The quantitative estimate of drug-likeness (QED) is 0.716. The summed E-state index contributed by atoms with van der Waals surface area (Å²) in [6, 6.07) is 7.23. The molecule has 1 atom stereocenters. The molecule has 0 bridgehead atoms. The Morgan fingerprint density at radius 3 is 2.56 bits per heavy atom. The first kappa shape index (κ1) is 20.2. The van der Waals surface area contributed by atoms with Gasteiger partial charge in [-0.15, -0.1) is 11.8 Å². The molecule has 0 unspecified atom stereocenters. The number of hydrogen-bond acceptors (Lipinski definition) is 6. The van der Waals surface area contributed by atoms with Crippen LogP contribution in [0.4, 0.5) is 0 Å². The molecule has 1 aliphatic heterocycles. The molecule has 27 heavy (non-hydrogen) atoms. The van der Waals surface area contributed by atoms with Crippen LogP contribution in [0.25, 0.3) is 0 Å². The van der Waals surface area contributed by atoms with Gasteiger partial charge in [-0.25, -0.2) is 8.42 Å². The number of sulfonamides is 1. The number of carbonyl (C=O) groups excluding carboxylic acids is 2. The zero-order valence-corrected chi connectivity index (χ0v) is 16.6. The molecule has 1 amide bonds. The Morgan fingerprint density at radius 1 is 1.15 bits per heavy atom. The van der Waals surface area contributed by atoms with Crippen LogP contribution in [-0.2, 0) is 24.3 Å². The third kappa shape index (κ3) is 5.03. The van der Waals surface area contributed by atoms with E-state index in [2.05, 4.69) is 5.32 Å². The minimum absolute atomic E-state index is 0.139. The van der Waals surface area contributed by atoms with Gasteiger partial charge in [0.15, 0.2) is 6.61 Å². The molecule has 1 heterocycles. The zero-order valence-electron chi connectivity index (χ0n) is 15.0. The van der Waals surface area contributed by atoms with Crippen molar-refractivity contribution in [1.82, 2.24) is 9.62 Å². The lowest BCUT2D eigenvalue weighted by atomic mass is 9.95. The number of nitrogens with zero attached hydrogens (tertiary/aromatic N) is 1. The Bertz CT molecular complexity index is 763. The van der Waals surface area contributed by atoms with Crippen molar-refractivity contribution in [3.05, 3.63) is 30.3 Å². The molecule has 3 rings (SSSR count). The van der Waals surface area contributed by atoms with Crippen LogP contribution in [0, 0.1) is 0 Å². The first-order chi connectivity index (χ1) is 13.0. The van der Waals surface area contributed by atoms with Gasteiger partial charge in [0.1, 0.15) is 6.04 Å². The first-order valence-corrected chi connectivity index (χ1v) is 11.7. The maximum absolute atomic E-state index is 12.8. The van der Waals surface area contributed by atoms with E-state index in [-0.39, 0.29) is 29.3 Å². The molecule has 0 spiro atoms. The molecule has 0 radical (unpaired) electrons. The van der Waals surface area contributed by atoms with Crippen molar-refractivity contribution in [2.45, 2.75) is 49.1 Å². The Kier molecular flexibility index (Phi) is 6.78. The van der Waals surface area contributed by atoms with Crippen LogP contribution in [0.2, 0.25) is 0 Å². The lowest BCUT2D eigenvalue weighted by Gasteiger charge is -2.23. The first-order valence-electron chi connectivity index (χ1n) is 9.09. The van der Waals surface area contributed by atoms with Crippen molar-refractivity contribution in [1.29, 1.82) is 0 Å². The number of carbonyl (C=O) groups is 2. The number of amides is 1. The molecule has 1 saturated heterocycles. The van der Waals surface area contributed by atoms with Gasteiger partial charge < -0.3 is 10.1 Å².